The first kappa shape index (κ1) is 14.9. The number of hydrogen-bond donors (Lipinski definition) is 0. The Morgan fingerprint density at radius 3 is 2.35 bits per heavy atom. The molecule has 3 rings (SSSR count). The molecule has 0 saturated heterocycles. The van der Waals surface area contributed by atoms with Gasteiger partial charge in [-0.1, -0.05) is 60.2 Å². The standard InChI is InChI=1S/C19H16N2O2/c1-14-7-9-15(10-8-14)17(22)13-21-12-11-20-19(21)18(23)16-5-3-2-4-6-16/h2-12H,13H2,1H3. The van der Waals surface area contributed by atoms with Gasteiger partial charge in [-0.2, -0.15) is 0 Å². The van der Waals surface area contributed by atoms with Crippen LogP contribution in [-0.4, -0.2) is 21.1 Å². The number of benzene rings is 2. The van der Waals surface area contributed by atoms with E-state index in [1.807, 2.05) is 25.1 Å². The van der Waals surface area contributed by atoms with E-state index >= 15 is 0 Å². The number of Topliss-reactive ketones (excluding diaryl/α,β-unsaturated/α-hetero) is 1. The fraction of sp³-hybridized carbons (Fsp3) is 0.105. The molecule has 0 aliphatic heterocycles. The monoisotopic (exact) mass is 304 g/mol. The number of rotatable bonds is 5. The second-order valence-corrected chi connectivity index (χ2v) is 5.36. The van der Waals surface area contributed by atoms with E-state index < -0.39 is 0 Å². The van der Waals surface area contributed by atoms with Crippen molar-refractivity contribution in [3.8, 4) is 0 Å². The highest BCUT2D eigenvalue weighted by molar-refractivity contribution is 6.07. The second-order valence-electron chi connectivity index (χ2n) is 5.36. The number of ketones is 2. The molecule has 0 bridgehead atoms. The van der Waals surface area contributed by atoms with Crippen LogP contribution in [0.4, 0.5) is 0 Å². The minimum absolute atomic E-state index is 0.0508. The van der Waals surface area contributed by atoms with Crippen LogP contribution in [0.5, 0.6) is 0 Å². The van der Waals surface area contributed by atoms with Gasteiger partial charge < -0.3 is 4.57 Å². The van der Waals surface area contributed by atoms with E-state index in [0.717, 1.165) is 5.56 Å². The molecule has 3 aromatic rings. The van der Waals surface area contributed by atoms with E-state index in [1.165, 1.54) is 0 Å². The molecule has 0 spiro atoms. The highest BCUT2D eigenvalue weighted by Gasteiger charge is 2.17. The molecule has 4 heteroatoms. The van der Waals surface area contributed by atoms with Crippen molar-refractivity contribution in [2.75, 3.05) is 0 Å². The molecule has 0 amide bonds. The van der Waals surface area contributed by atoms with Gasteiger partial charge in [0.15, 0.2) is 11.6 Å². The predicted octanol–water partition coefficient (Wildman–Crippen LogP) is 3.31. The van der Waals surface area contributed by atoms with Crippen molar-refractivity contribution in [3.05, 3.63) is 89.5 Å². The summed E-state index contributed by atoms with van der Waals surface area (Å²) in [7, 11) is 0. The summed E-state index contributed by atoms with van der Waals surface area (Å²) in [5.41, 5.74) is 2.29. The van der Waals surface area contributed by atoms with Crippen LogP contribution < -0.4 is 0 Å². The summed E-state index contributed by atoms with van der Waals surface area (Å²) in [6, 6.07) is 16.3. The fourth-order valence-corrected chi connectivity index (χ4v) is 2.35. The summed E-state index contributed by atoms with van der Waals surface area (Å²) in [6.07, 6.45) is 3.20. The van der Waals surface area contributed by atoms with E-state index in [0.29, 0.717) is 11.1 Å². The van der Waals surface area contributed by atoms with Gasteiger partial charge in [-0.05, 0) is 6.92 Å². The van der Waals surface area contributed by atoms with Crippen molar-refractivity contribution in [2.24, 2.45) is 0 Å². The summed E-state index contributed by atoms with van der Waals surface area (Å²) < 4.78 is 1.59. The third-order valence-electron chi connectivity index (χ3n) is 3.64. The molecule has 0 radical (unpaired) electrons. The molecule has 1 heterocycles. The average molecular weight is 304 g/mol. The van der Waals surface area contributed by atoms with Crippen molar-refractivity contribution in [2.45, 2.75) is 13.5 Å². The van der Waals surface area contributed by atoms with E-state index in [2.05, 4.69) is 4.98 Å². The topological polar surface area (TPSA) is 52.0 Å². The zero-order valence-corrected chi connectivity index (χ0v) is 12.8. The smallest absolute Gasteiger partial charge is 0.228 e. The number of carbonyl (C=O) groups is 2. The Morgan fingerprint density at radius 2 is 1.65 bits per heavy atom. The van der Waals surface area contributed by atoms with Crippen molar-refractivity contribution < 1.29 is 9.59 Å². The quantitative estimate of drug-likeness (QED) is 0.680. The first-order chi connectivity index (χ1) is 11.1. The van der Waals surface area contributed by atoms with Crippen molar-refractivity contribution in [3.63, 3.8) is 0 Å². The van der Waals surface area contributed by atoms with Gasteiger partial charge in [-0.3, -0.25) is 9.59 Å². The van der Waals surface area contributed by atoms with Gasteiger partial charge >= 0.3 is 0 Å². The van der Waals surface area contributed by atoms with Gasteiger partial charge in [0, 0.05) is 23.5 Å². The molecule has 23 heavy (non-hydrogen) atoms. The minimum atomic E-state index is -0.188. The fourth-order valence-electron chi connectivity index (χ4n) is 2.35. The summed E-state index contributed by atoms with van der Waals surface area (Å²) in [6.45, 7) is 2.07. The number of hydrogen-bond acceptors (Lipinski definition) is 3. The maximum Gasteiger partial charge on any atom is 0.228 e. The summed E-state index contributed by atoms with van der Waals surface area (Å²) >= 11 is 0. The normalized spacial score (nSPS) is 10.5. The third kappa shape index (κ3) is 3.26. The van der Waals surface area contributed by atoms with Crippen LogP contribution in [0.1, 0.15) is 32.1 Å². The first-order valence-electron chi connectivity index (χ1n) is 7.36. The van der Waals surface area contributed by atoms with Gasteiger partial charge in [-0.25, -0.2) is 4.98 Å². The second kappa shape index (κ2) is 6.40. The van der Waals surface area contributed by atoms with Crippen molar-refractivity contribution >= 4 is 11.6 Å². The number of carbonyl (C=O) groups excluding carboxylic acids is 2. The minimum Gasteiger partial charge on any atom is -0.320 e. The number of nitrogens with zero attached hydrogens (tertiary/aromatic N) is 2. The van der Waals surface area contributed by atoms with Crippen LogP contribution in [0.3, 0.4) is 0 Å². The molecule has 0 aliphatic rings. The lowest BCUT2D eigenvalue weighted by Crippen LogP contribution is -2.16. The molecule has 114 valence electrons. The molecule has 2 aromatic carbocycles. The van der Waals surface area contributed by atoms with Gasteiger partial charge in [0.25, 0.3) is 0 Å². The van der Waals surface area contributed by atoms with Crippen LogP contribution in [0.25, 0.3) is 0 Å². The molecule has 0 atom stereocenters. The van der Waals surface area contributed by atoms with Crippen molar-refractivity contribution in [1.29, 1.82) is 0 Å². The molecule has 1 aromatic heterocycles. The number of imidazole rings is 1. The average Bonchev–Trinajstić information content (AvgIpc) is 3.03. The number of aromatic nitrogens is 2. The first-order valence-corrected chi connectivity index (χ1v) is 7.36. The van der Waals surface area contributed by atoms with E-state index in [4.69, 9.17) is 0 Å². The van der Waals surface area contributed by atoms with Crippen LogP contribution in [-0.2, 0) is 6.54 Å². The molecular weight excluding hydrogens is 288 g/mol. The molecule has 0 saturated carbocycles. The molecule has 0 unspecified atom stereocenters. The maximum atomic E-state index is 12.5. The lowest BCUT2D eigenvalue weighted by molar-refractivity contribution is 0.0967. The van der Waals surface area contributed by atoms with E-state index in [1.54, 1.807) is 53.4 Å². The SMILES string of the molecule is Cc1ccc(C(=O)Cn2ccnc2C(=O)c2ccccc2)cc1. The summed E-state index contributed by atoms with van der Waals surface area (Å²) in [5.74, 6) is 0.0362. The Balaban J connectivity index is 1.83. The lowest BCUT2D eigenvalue weighted by atomic mass is 10.1. The Morgan fingerprint density at radius 1 is 0.957 bits per heavy atom. The van der Waals surface area contributed by atoms with Gasteiger partial charge in [0.2, 0.25) is 5.78 Å². The van der Waals surface area contributed by atoms with Crippen molar-refractivity contribution in [1.82, 2.24) is 9.55 Å². The molecule has 0 aliphatic carbocycles. The zero-order valence-electron chi connectivity index (χ0n) is 12.8. The third-order valence-corrected chi connectivity index (χ3v) is 3.64. The Kier molecular flexibility index (Phi) is 4.15. The zero-order chi connectivity index (χ0) is 16.2. The van der Waals surface area contributed by atoms with Crippen LogP contribution in [0.2, 0.25) is 0 Å². The van der Waals surface area contributed by atoms with Crippen LogP contribution in [0, 0.1) is 6.92 Å². The largest absolute Gasteiger partial charge is 0.320 e. The highest BCUT2D eigenvalue weighted by atomic mass is 16.1. The molecule has 0 N–H and O–H groups in total. The predicted molar refractivity (Wildman–Crippen MR) is 87.6 cm³/mol. The van der Waals surface area contributed by atoms with Gasteiger partial charge in [0.05, 0.1) is 6.54 Å². The van der Waals surface area contributed by atoms with Gasteiger partial charge in [0.1, 0.15) is 0 Å². The molecule has 4 nitrogen and oxygen atoms in total. The summed E-state index contributed by atoms with van der Waals surface area (Å²) in [5, 5.41) is 0. The van der Waals surface area contributed by atoms with E-state index in [-0.39, 0.29) is 23.9 Å². The maximum absolute atomic E-state index is 12.5. The lowest BCUT2D eigenvalue weighted by Gasteiger charge is -2.07. The molecule has 0 fully saturated rings. The van der Waals surface area contributed by atoms with Crippen LogP contribution in [0.15, 0.2) is 67.0 Å². The van der Waals surface area contributed by atoms with Gasteiger partial charge in [-0.15, -0.1) is 0 Å². The Hall–Kier alpha value is -3.01. The molecular formula is C19H16N2O2. The highest BCUT2D eigenvalue weighted by Crippen LogP contribution is 2.10. The van der Waals surface area contributed by atoms with Crippen LogP contribution >= 0.6 is 0 Å². The Bertz CT molecular complexity index is 833. The Labute approximate surface area is 134 Å². The number of aryl methyl sites for hydroxylation is 1. The van der Waals surface area contributed by atoms with E-state index in [9.17, 15) is 9.59 Å². The summed E-state index contributed by atoms with van der Waals surface area (Å²) in [4.78, 5) is 29.0.